The molecule has 0 saturated carbocycles. The van der Waals surface area contributed by atoms with Crippen LogP contribution in [0.5, 0.6) is 11.5 Å². The molecule has 2 aliphatic rings. The van der Waals surface area contributed by atoms with Gasteiger partial charge in [0.25, 0.3) is 0 Å². The van der Waals surface area contributed by atoms with Gasteiger partial charge in [-0.3, -0.25) is 0 Å². The van der Waals surface area contributed by atoms with Crippen molar-refractivity contribution in [3.05, 3.63) is 257 Å². The fraction of sp³-hybridized carbons (Fsp3) is 0.0164. The molecule has 300 valence electrons. The highest BCUT2D eigenvalue weighted by molar-refractivity contribution is 9.10. The zero-order valence-corrected chi connectivity index (χ0v) is 36.3. The monoisotopic (exact) mass is 879 g/mol. The van der Waals surface area contributed by atoms with Gasteiger partial charge in [0.15, 0.2) is 0 Å². The molecule has 0 saturated heterocycles. The predicted molar refractivity (Wildman–Crippen MR) is 270 cm³/mol. The highest BCUT2D eigenvalue weighted by atomic mass is 79.9. The topological polar surface area (TPSA) is 12.5 Å². The number of para-hydroxylation sites is 1. The van der Waals surface area contributed by atoms with Crippen LogP contribution in [0.4, 0.5) is 17.1 Å². The van der Waals surface area contributed by atoms with E-state index < -0.39 is 5.41 Å². The first-order chi connectivity index (χ1) is 31.6. The van der Waals surface area contributed by atoms with Gasteiger partial charge in [-0.25, -0.2) is 0 Å². The lowest BCUT2D eigenvalue weighted by Gasteiger charge is -2.40. The summed E-state index contributed by atoms with van der Waals surface area (Å²) in [4.78, 5) is 2.43. The Hall–Kier alpha value is -7.72. The fourth-order valence-electron chi connectivity index (χ4n) is 10.9. The van der Waals surface area contributed by atoms with E-state index >= 15 is 0 Å². The lowest BCUT2D eigenvalue weighted by Crippen LogP contribution is -2.32. The lowest BCUT2D eigenvalue weighted by atomic mass is 9.66. The molecule has 3 heteroatoms. The van der Waals surface area contributed by atoms with Crippen molar-refractivity contribution in [2.24, 2.45) is 0 Å². The van der Waals surface area contributed by atoms with Crippen LogP contribution in [0.2, 0.25) is 0 Å². The number of nitrogens with zero attached hydrogens (tertiary/aromatic N) is 1. The Labute approximate surface area is 380 Å². The van der Waals surface area contributed by atoms with E-state index in [1.165, 1.54) is 65.7 Å². The van der Waals surface area contributed by atoms with Crippen LogP contribution in [0.15, 0.2) is 235 Å². The molecule has 11 aromatic rings. The lowest BCUT2D eigenvalue weighted by molar-refractivity contribution is 0.436. The molecular formula is C61H38BrNO. The molecule has 1 heterocycles. The van der Waals surface area contributed by atoms with E-state index in [-0.39, 0.29) is 0 Å². The van der Waals surface area contributed by atoms with Crippen molar-refractivity contribution in [1.29, 1.82) is 0 Å². The average Bonchev–Trinajstić information content (AvgIpc) is 3.65. The minimum Gasteiger partial charge on any atom is -0.457 e. The molecular weight excluding hydrogens is 843 g/mol. The molecule has 0 aromatic heterocycles. The van der Waals surface area contributed by atoms with Crippen LogP contribution >= 0.6 is 15.9 Å². The zero-order valence-electron chi connectivity index (χ0n) is 34.7. The molecule has 1 aliphatic carbocycles. The number of fused-ring (bicyclic) bond motifs is 15. The summed E-state index contributed by atoms with van der Waals surface area (Å²) >= 11 is 3.73. The van der Waals surface area contributed by atoms with Gasteiger partial charge in [0.2, 0.25) is 0 Å². The number of rotatable bonds is 5. The molecule has 1 aliphatic heterocycles. The summed E-state index contributed by atoms with van der Waals surface area (Å²) in [5.41, 5.74) is 14.5. The van der Waals surface area contributed by atoms with Crippen LogP contribution in [0.25, 0.3) is 65.7 Å². The highest BCUT2D eigenvalue weighted by Crippen LogP contribution is 2.64. The maximum absolute atomic E-state index is 6.97. The number of ether oxygens (including phenoxy) is 1. The van der Waals surface area contributed by atoms with E-state index in [2.05, 4.69) is 251 Å². The molecule has 1 spiro atoms. The first-order valence-corrected chi connectivity index (χ1v) is 22.6. The van der Waals surface area contributed by atoms with Crippen LogP contribution in [0, 0.1) is 0 Å². The molecule has 13 rings (SSSR count). The Kier molecular flexibility index (Phi) is 8.31. The minimum atomic E-state index is -0.654. The molecule has 0 N–H and O–H groups in total. The molecule has 0 radical (unpaired) electrons. The molecule has 11 aromatic carbocycles. The molecule has 64 heavy (non-hydrogen) atoms. The summed E-state index contributed by atoms with van der Waals surface area (Å²) < 4.78 is 8.02. The normalized spacial score (nSPS) is 14.5. The molecule has 0 bridgehead atoms. The Morgan fingerprint density at radius 3 is 1.64 bits per heavy atom. The smallest absolute Gasteiger partial charge is 0.132 e. The molecule has 0 amide bonds. The second-order valence-electron chi connectivity index (χ2n) is 16.9. The van der Waals surface area contributed by atoms with Crippen LogP contribution in [0.1, 0.15) is 22.3 Å². The maximum Gasteiger partial charge on any atom is 0.132 e. The van der Waals surface area contributed by atoms with Crippen LogP contribution in [0.3, 0.4) is 0 Å². The summed E-state index contributed by atoms with van der Waals surface area (Å²) in [5, 5.41) is 7.48. The van der Waals surface area contributed by atoms with Gasteiger partial charge in [-0.2, -0.15) is 0 Å². The number of halogens is 1. The van der Waals surface area contributed by atoms with E-state index in [1.807, 2.05) is 0 Å². The first kappa shape index (κ1) is 36.9. The van der Waals surface area contributed by atoms with Crippen molar-refractivity contribution < 1.29 is 4.74 Å². The van der Waals surface area contributed by atoms with Gasteiger partial charge in [0, 0.05) is 32.7 Å². The Balaban J connectivity index is 1.10. The number of benzene rings is 11. The predicted octanol–water partition coefficient (Wildman–Crippen LogP) is 17.2. The summed E-state index contributed by atoms with van der Waals surface area (Å²) in [5.74, 6) is 1.73. The number of anilines is 3. The third kappa shape index (κ3) is 5.44. The third-order valence-corrected chi connectivity index (χ3v) is 14.0. The minimum absolute atomic E-state index is 0.654. The van der Waals surface area contributed by atoms with Gasteiger partial charge in [0.05, 0.1) is 5.41 Å². The van der Waals surface area contributed by atoms with Crippen molar-refractivity contribution >= 4 is 65.3 Å². The number of hydrogen-bond acceptors (Lipinski definition) is 2. The highest BCUT2D eigenvalue weighted by Gasteiger charge is 2.52. The van der Waals surface area contributed by atoms with Crippen LogP contribution in [-0.4, -0.2) is 0 Å². The summed E-state index contributed by atoms with van der Waals surface area (Å²) in [6, 6.07) is 84.2. The Bertz CT molecular complexity index is 3650. The molecule has 2 nitrogen and oxygen atoms in total. The van der Waals surface area contributed by atoms with Gasteiger partial charge in [0.1, 0.15) is 11.5 Å². The van der Waals surface area contributed by atoms with Gasteiger partial charge < -0.3 is 9.64 Å². The van der Waals surface area contributed by atoms with E-state index in [4.69, 9.17) is 4.74 Å². The maximum atomic E-state index is 6.97. The molecule has 0 fully saturated rings. The van der Waals surface area contributed by atoms with E-state index in [9.17, 15) is 0 Å². The van der Waals surface area contributed by atoms with Gasteiger partial charge in [-0.15, -0.1) is 0 Å². The van der Waals surface area contributed by atoms with Crippen LogP contribution in [-0.2, 0) is 5.41 Å². The summed E-state index contributed by atoms with van der Waals surface area (Å²) in [6.45, 7) is 0. The third-order valence-electron chi connectivity index (χ3n) is 13.5. The van der Waals surface area contributed by atoms with Gasteiger partial charge >= 0.3 is 0 Å². The fourth-order valence-corrected chi connectivity index (χ4v) is 11.3. The SMILES string of the molecule is Brc1cccc(-c2cccc(N(c3ccc4c(c3)[C@]3(c5ccccc5O4)c4ccccc4-c4c(-c5ccccc5)cccc43)c3ccc4c5ccccc5c5ccccc5c4c3)c2)c1. The summed E-state index contributed by atoms with van der Waals surface area (Å²) in [6.07, 6.45) is 0. The number of hydrogen-bond donors (Lipinski definition) is 0. The molecule has 0 unspecified atom stereocenters. The van der Waals surface area contributed by atoms with Gasteiger partial charge in [-0.1, -0.05) is 186 Å². The van der Waals surface area contributed by atoms with Crippen molar-refractivity contribution in [3.8, 4) is 44.9 Å². The van der Waals surface area contributed by atoms with E-state index in [1.54, 1.807) is 0 Å². The quantitative estimate of drug-likeness (QED) is 0.160. The standard InChI is InChI=1S/C61H38BrNO/c62-42-19-12-17-40(35-42)41-18-13-20-43(36-41)63(44-31-33-51-49-23-5-4-21-47(49)48-22-6-7-24-50(48)53(51)37-44)45-32-34-59-57(38-45)61(55-28-10-11-30-58(55)64-59)54-27-9-8-25-52(54)60-46(26-14-29-56(60)61)39-15-2-1-3-16-39/h1-38H/t61-/m0/s1. The van der Waals surface area contributed by atoms with Gasteiger partial charge in [-0.05, 0) is 137 Å². The Morgan fingerprint density at radius 1 is 0.328 bits per heavy atom. The van der Waals surface area contributed by atoms with E-state index in [0.29, 0.717) is 0 Å². The van der Waals surface area contributed by atoms with Crippen molar-refractivity contribution in [1.82, 2.24) is 0 Å². The Morgan fingerprint density at radius 2 is 0.859 bits per heavy atom. The van der Waals surface area contributed by atoms with E-state index in [0.717, 1.165) is 55.3 Å². The zero-order chi connectivity index (χ0) is 42.4. The van der Waals surface area contributed by atoms with Crippen molar-refractivity contribution in [2.75, 3.05) is 4.90 Å². The first-order valence-electron chi connectivity index (χ1n) is 21.9. The molecule has 1 atom stereocenters. The van der Waals surface area contributed by atoms with Crippen molar-refractivity contribution in [3.63, 3.8) is 0 Å². The second kappa shape index (κ2) is 14.4. The summed E-state index contributed by atoms with van der Waals surface area (Å²) in [7, 11) is 0. The van der Waals surface area contributed by atoms with Crippen molar-refractivity contribution in [2.45, 2.75) is 5.41 Å². The average molecular weight is 881 g/mol. The largest absolute Gasteiger partial charge is 0.457 e. The second-order valence-corrected chi connectivity index (χ2v) is 17.8. The van der Waals surface area contributed by atoms with Crippen LogP contribution < -0.4 is 9.64 Å².